The fraction of sp³-hybridized carbons (Fsp3) is 0.667. The first-order valence-corrected chi connectivity index (χ1v) is 6.15. The lowest BCUT2D eigenvalue weighted by Gasteiger charge is -2.17. The Hall–Kier alpha value is -1.53. The number of hydrogen-bond donors (Lipinski definition) is 1. The van der Waals surface area contributed by atoms with Crippen molar-refractivity contribution in [2.45, 2.75) is 19.0 Å². The Labute approximate surface area is 108 Å². The summed E-state index contributed by atoms with van der Waals surface area (Å²) in [5, 5.41) is 1.61. The van der Waals surface area contributed by atoms with Gasteiger partial charge >= 0.3 is 12.1 Å². The van der Waals surface area contributed by atoms with Crippen LogP contribution >= 0.6 is 0 Å². The van der Waals surface area contributed by atoms with Gasteiger partial charge in [0.1, 0.15) is 0 Å². The number of alkyl halides is 3. The molecule has 1 N–H and O–H groups in total. The van der Waals surface area contributed by atoms with Gasteiger partial charge in [-0.2, -0.15) is 13.2 Å². The third-order valence-corrected chi connectivity index (χ3v) is 3.63. The van der Waals surface area contributed by atoms with Crippen molar-refractivity contribution in [3.8, 4) is 0 Å². The zero-order valence-corrected chi connectivity index (χ0v) is 10.2. The summed E-state index contributed by atoms with van der Waals surface area (Å²) >= 11 is 0. The summed E-state index contributed by atoms with van der Waals surface area (Å²) in [5.41, 5.74) is 0. The third kappa shape index (κ3) is 3.27. The zero-order valence-electron chi connectivity index (χ0n) is 10.2. The van der Waals surface area contributed by atoms with Gasteiger partial charge in [0, 0.05) is 13.1 Å². The normalized spacial score (nSPS) is 26.2. The number of likely N-dealkylation sites (tertiary alicyclic amines) is 1. The molecular weight excluding hydrogens is 261 g/mol. The van der Waals surface area contributed by atoms with E-state index in [0.717, 1.165) is 12.8 Å². The monoisotopic (exact) mass is 276 g/mol. The third-order valence-electron chi connectivity index (χ3n) is 3.63. The van der Waals surface area contributed by atoms with E-state index in [9.17, 15) is 22.8 Å². The molecule has 1 aliphatic carbocycles. The van der Waals surface area contributed by atoms with Crippen molar-refractivity contribution in [1.82, 2.24) is 10.2 Å². The molecule has 19 heavy (non-hydrogen) atoms. The van der Waals surface area contributed by atoms with Crippen molar-refractivity contribution in [2.24, 2.45) is 11.8 Å². The Morgan fingerprint density at radius 3 is 2.16 bits per heavy atom. The van der Waals surface area contributed by atoms with E-state index in [1.54, 1.807) is 10.2 Å². The second-order valence-electron chi connectivity index (χ2n) is 4.94. The molecule has 1 aliphatic heterocycles. The minimum absolute atomic E-state index is 0.396. The Morgan fingerprint density at radius 1 is 1.16 bits per heavy atom. The number of carbonyl (C=O) groups is 2. The summed E-state index contributed by atoms with van der Waals surface area (Å²) in [4.78, 5) is 23.9. The van der Waals surface area contributed by atoms with Gasteiger partial charge in [0.05, 0.1) is 6.54 Å². The molecule has 1 fully saturated rings. The minimum atomic E-state index is -4.94. The van der Waals surface area contributed by atoms with Crippen molar-refractivity contribution in [3.63, 3.8) is 0 Å². The van der Waals surface area contributed by atoms with Gasteiger partial charge in [-0.25, -0.2) is 0 Å². The number of nitrogens with one attached hydrogen (secondary N) is 1. The number of amides is 2. The Morgan fingerprint density at radius 2 is 1.68 bits per heavy atom. The highest BCUT2D eigenvalue weighted by atomic mass is 19.4. The Balaban J connectivity index is 1.81. The van der Waals surface area contributed by atoms with E-state index in [-0.39, 0.29) is 0 Å². The quantitative estimate of drug-likeness (QED) is 0.768. The molecule has 0 bridgehead atoms. The minimum Gasteiger partial charge on any atom is -0.341 e. The summed E-state index contributed by atoms with van der Waals surface area (Å²) in [6.07, 6.45) is 1.01. The van der Waals surface area contributed by atoms with Gasteiger partial charge in [0.15, 0.2) is 0 Å². The van der Waals surface area contributed by atoms with E-state index >= 15 is 0 Å². The van der Waals surface area contributed by atoms with Crippen LogP contribution < -0.4 is 5.32 Å². The summed E-state index contributed by atoms with van der Waals surface area (Å²) in [5.74, 6) is -1.73. The van der Waals surface area contributed by atoms with E-state index in [1.165, 1.54) is 0 Å². The topological polar surface area (TPSA) is 49.4 Å². The highest BCUT2D eigenvalue weighted by molar-refractivity contribution is 5.87. The molecule has 0 aromatic heterocycles. The first-order chi connectivity index (χ1) is 8.88. The van der Waals surface area contributed by atoms with E-state index in [2.05, 4.69) is 12.2 Å². The smallest absolute Gasteiger partial charge is 0.341 e. The molecule has 0 aromatic carbocycles. The molecule has 0 spiro atoms. The van der Waals surface area contributed by atoms with Crippen molar-refractivity contribution in [3.05, 3.63) is 12.2 Å². The second kappa shape index (κ2) is 5.22. The molecule has 2 atom stereocenters. The lowest BCUT2D eigenvalue weighted by atomic mass is 9.86. The Bertz CT molecular complexity index is 390. The fourth-order valence-corrected chi connectivity index (χ4v) is 2.59. The Kier molecular flexibility index (Phi) is 3.82. The molecule has 106 valence electrons. The number of hydrogen-bond acceptors (Lipinski definition) is 2. The van der Waals surface area contributed by atoms with Crippen LogP contribution in [0.15, 0.2) is 12.2 Å². The maximum absolute atomic E-state index is 12.0. The molecule has 4 nitrogen and oxygen atoms in total. The predicted octanol–water partition coefficient (Wildman–Crippen LogP) is 1.09. The first kappa shape index (κ1) is 13.9. The van der Waals surface area contributed by atoms with Gasteiger partial charge < -0.3 is 10.2 Å². The van der Waals surface area contributed by atoms with Crippen LogP contribution in [0.1, 0.15) is 12.8 Å². The van der Waals surface area contributed by atoms with Gasteiger partial charge in [0.2, 0.25) is 5.91 Å². The summed E-state index contributed by atoms with van der Waals surface area (Å²) in [7, 11) is 0. The molecule has 2 unspecified atom stereocenters. The fourth-order valence-electron chi connectivity index (χ4n) is 2.59. The lowest BCUT2D eigenvalue weighted by Crippen LogP contribution is -2.44. The number of rotatable bonds is 2. The molecule has 2 amide bonds. The summed E-state index contributed by atoms with van der Waals surface area (Å²) < 4.78 is 35.9. The van der Waals surface area contributed by atoms with Crippen LogP contribution in [-0.2, 0) is 9.59 Å². The average molecular weight is 276 g/mol. The van der Waals surface area contributed by atoms with E-state index in [1.807, 2.05) is 0 Å². The molecule has 7 heteroatoms. The van der Waals surface area contributed by atoms with Crippen LogP contribution in [0.2, 0.25) is 0 Å². The van der Waals surface area contributed by atoms with Gasteiger partial charge in [-0.15, -0.1) is 0 Å². The van der Waals surface area contributed by atoms with E-state index < -0.39 is 24.5 Å². The molecule has 2 rings (SSSR count). The van der Waals surface area contributed by atoms with Gasteiger partial charge in [-0.05, 0) is 24.7 Å². The number of carbonyl (C=O) groups excluding carboxylic acids is 2. The largest absolute Gasteiger partial charge is 0.471 e. The van der Waals surface area contributed by atoms with E-state index in [0.29, 0.717) is 24.9 Å². The lowest BCUT2D eigenvalue weighted by molar-refractivity contribution is -0.174. The van der Waals surface area contributed by atoms with E-state index in [4.69, 9.17) is 0 Å². The molecule has 1 saturated heterocycles. The second-order valence-corrected chi connectivity index (χ2v) is 4.94. The van der Waals surface area contributed by atoms with Crippen LogP contribution in [0, 0.1) is 11.8 Å². The average Bonchev–Trinajstić information content (AvgIpc) is 2.78. The molecule has 0 saturated carbocycles. The SMILES string of the molecule is O=C(CNC(=O)C(F)(F)F)N1CC2CC=CCC2C1. The molecule has 2 aliphatic rings. The molecule has 1 heterocycles. The molecule has 0 aromatic rings. The maximum atomic E-state index is 12.0. The van der Waals surface area contributed by atoms with Crippen molar-refractivity contribution >= 4 is 11.8 Å². The molecule has 0 radical (unpaired) electrons. The number of fused-ring (bicyclic) bond motifs is 1. The standard InChI is InChI=1S/C12H15F3N2O2/c13-12(14,15)11(19)16-5-10(18)17-6-8-3-1-2-4-9(8)7-17/h1-2,8-9H,3-7H2,(H,16,19). The van der Waals surface area contributed by atoms with Crippen LogP contribution in [0.4, 0.5) is 13.2 Å². The number of halogens is 3. The first-order valence-electron chi connectivity index (χ1n) is 6.15. The number of allylic oxidation sites excluding steroid dienone is 2. The predicted molar refractivity (Wildman–Crippen MR) is 61.0 cm³/mol. The zero-order chi connectivity index (χ0) is 14.0. The maximum Gasteiger partial charge on any atom is 0.471 e. The van der Waals surface area contributed by atoms with Gasteiger partial charge in [-0.3, -0.25) is 9.59 Å². The van der Waals surface area contributed by atoms with Crippen LogP contribution in [0.25, 0.3) is 0 Å². The van der Waals surface area contributed by atoms with Crippen molar-refractivity contribution in [1.29, 1.82) is 0 Å². The van der Waals surface area contributed by atoms with Crippen LogP contribution in [0.3, 0.4) is 0 Å². The summed E-state index contributed by atoms with van der Waals surface area (Å²) in [6, 6.07) is 0. The van der Waals surface area contributed by atoms with Crippen LogP contribution in [0.5, 0.6) is 0 Å². The summed E-state index contributed by atoms with van der Waals surface area (Å²) in [6.45, 7) is 0.538. The molecular formula is C12H15F3N2O2. The highest BCUT2D eigenvalue weighted by Gasteiger charge is 2.39. The number of nitrogens with zero attached hydrogens (tertiary/aromatic N) is 1. The van der Waals surface area contributed by atoms with Gasteiger partial charge in [0.25, 0.3) is 0 Å². The van der Waals surface area contributed by atoms with Crippen molar-refractivity contribution in [2.75, 3.05) is 19.6 Å². The highest BCUT2D eigenvalue weighted by Crippen LogP contribution is 2.32. The van der Waals surface area contributed by atoms with Crippen molar-refractivity contribution < 1.29 is 22.8 Å². The van der Waals surface area contributed by atoms with Crippen LogP contribution in [-0.4, -0.2) is 42.5 Å². The van der Waals surface area contributed by atoms with Gasteiger partial charge in [-0.1, -0.05) is 12.2 Å².